The van der Waals surface area contributed by atoms with Crippen LogP contribution in [0.1, 0.15) is 108 Å². The summed E-state index contributed by atoms with van der Waals surface area (Å²) in [5.41, 5.74) is 29.7. The van der Waals surface area contributed by atoms with Gasteiger partial charge in [0, 0.05) is 49.5 Å². The van der Waals surface area contributed by atoms with E-state index in [1.807, 2.05) is 0 Å². The number of rotatable bonds is 4. The molecular weight excluding hydrogens is 1060 g/mol. The van der Waals surface area contributed by atoms with Gasteiger partial charge in [-0.3, -0.25) is 0 Å². The fourth-order valence-corrected chi connectivity index (χ4v) is 19.1. The Kier molecular flexibility index (Phi) is 11.1. The zero-order chi connectivity index (χ0) is 57.7. The normalized spacial score (nSPS) is 21.4. The molecule has 5 aliphatic rings. The molecule has 420 valence electrons. The minimum Gasteiger partial charge on any atom is -0.309 e. The zero-order valence-electron chi connectivity index (χ0n) is 49.4. The molecule has 0 N–H and O–H groups in total. The number of aromatic nitrogens is 2. The maximum Gasteiger partial charge on any atom is 0.0543 e. The highest BCUT2D eigenvalue weighted by molar-refractivity contribution is 6.14. The highest BCUT2D eigenvalue weighted by Gasteiger charge is 2.61. The monoisotopic (exact) mass is 1130 g/mol. The van der Waals surface area contributed by atoms with Crippen LogP contribution in [0.15, 0.2) is 279 Å². The molecule has 0 amide bonds. The smallest absolute Gasteiger partial charge is 0.0543 e. The van der Waals surface area contributed by atoms with Crippen molar-refractivity contribution in [3.8, 4) is 67.0 Å². The highest BCUT2D eigenvalue weighted by Crippen LogP contribution is 2.71. The van der Waals surface area contributed by atoms with Gasteiger partial charge in [0.2, 0.25) is 0 Å². The lowest BCUT2D eigenvalue weighted by Gasteiger charge is -2.59. The molecule has 14 aromatic rings. The fourth-order valence-electron chi connectivity index (χ4n) is 19.1. The number of para-hydroxylation sites is 2. The molecule has 12 aromatic carbocycles. The van der Waals surface area contributed by atoms with E-state index in [1.54, 1.807) is 27.8 Å². The third-order valence-corrected chi connectivity index (χ3v) is 22.6. The van der Waals surface area contributed by atoms with Crippen molar-refractivity contribution in [1.29, 1.82) is 0 Å². The summed E-state index contributed by atoms with van der Waals surface area (Å²) in [5, 5.41) is 5.06. The van der Waals surface area contributed by atoms with Crippen LogP contribution in [-0.4, -0.2) is 9.13 Å². The summed E-state index contributed by atoms with van der Waals surface area (Å²) in [6.07, 6.45) is 9.18. The van der Waals surface area contributed by atoms with Crippen LogP contribution in [0.5, 0.6) is 0 Å². The van der Waals surface area contributed by atoms with E-state index in [-0.39, 0.29) is 16.7 Å². The molecule has 5 aliphatic carbocycles. The second-order valence-electron chi connectivity index (χ2n) is 26.6. The summed E-state index contributed by atoms with van der Waals surface area (Å²) in [4.78, 5) is 0. The molecule has 2 nitrogen and oxygen atoms in total. The Morgan fingerprint density at radius 1 is 0.284 bits per heavy atom. The summed E-state index contributed by atoms with van der Waals surface area (Å²) in [6, 6.07) is 109. The standard InChI is InChI=1S/C86H66N2/c1-3-20-55(21-4-1)58-40-43-79-74(50-58)75-52-60(41-44-80(75)87(79)62-22-5-2-6-23-62)59-42-45-81-73(51-59)70-31-16-18-36-78(70)88(81)82-37-19-35-77-83(82)71-32-13-9-26-65(71)61-53-85-48-46-57(64-25-8-11-28-67(64)69-30-15-17-34-76(69)85)39-38-56-47-49-86(77,54-61)84(85)72-33-14-12-29-68(72)66-27-10-7-24-63(56)66/h1-37,40-45,50-52,56-57,61,84H,38-39,46-49,53-54H2. The van der Waals surface area contributed by atoms with Gasteiger partial charge in [-0.15, -0.1) is 0 Å². The van der Waals surface area contributed by atoms with Crippen molar-refractivity contribution in [1.82, 2.24) is 9.13 Å². The minimum atomic E-state index is -0.231. The molecule has 0 radical (unpaired) electrons. The van der Waals surface area contributed by atoms with Crippen LogP contribution in [-0.2, 0) is 10.8 Å². The van der Waals surface area contributed by atoms with Crippen LogP contribution in [0, 0.1) is 0 Å². The number of hydrogen-bond acceptors (Lipinski definition) is 0. The fraction of sp³-hybridized carbons (Fsp3) is 0.163. The van der Waals surface area contributed by atoms with Gasteiger partial charge >= 0.3 is 0 Å². The van der Waals surface area contributed by atoms with Crippen LogP contribution in [0.2, 0.25) is 0 Å². The Morgan fingerprint density at radius 2 is 0.727 bits per heavy atom. The van der Waals surface area contributed by atoms with Gasteiger partial charge in [0.05, 0.1) is 27.8 Å². The lowest BCUT2D eigenvalue weighted by atomic mass is 9.43. The number of benzene rings is 12. The van der Waals surface area contributed by atoms with Gasteiger partial charge in [0.25, 0.3) is 0 Å². The molecule has 0 aliphatic heterocycles. The van der Waals surface area contributed by atoms with Crippen molar-refractivity contribution in [2.75, 3.05) is 0 Å². The summed E-state index contributed by atoms with van der Waals surface area (Å²) in [5.74, 6) is 1.43. The molecule has 2 saturated carbocycles. The number of hydrogen-bond donors (Lipinski definition) is 0. The van der Waals surface area contributed by atoms with Crippen molar-refractivity contribution >= 4 is 43.6 Å². The van der Waals surface area contributed by atoms with Crippen LogP contribution < -0.4 is 0 Å². The molecule has 88 heavy (non-hydrogen) atoms. The second-order valence-corrected chi connectivity index (χ2v) is 26.6. The molecule has 6 unspecified atom stereocenters. The first-order chi connectivity index (χ1) is 43.6. The van der Waals surface area contributed by atoms with Gasteiger partial charge in [-0.25, -0.2) is 0 Å². The summed E-state index contributed by atoms with van der Waals surface area (Å²) >= 11 is 0. The Bertz CT molecular complexity index is 5150. The first-order valence-electron chi connectivity index (χ1n) is 32.4. The summed E-state index contributed by atoms with van der Waals surface area (Å²) < 4.78 is 5.11. The average Bonchev–Trinajstić information content (AvgIpc) is 1.27. The van der Waals surface area contributed by atoms with Crippen molar-refractivity contribution < 1.29 is 0 Å². The maximum atomic E-state index is 2.67. The second kappa shape index (κ2) is 19.4. The molecular formula is C86H66N2. The first kappa shape index (κ1) is 50.4. The molecule has 2 spiro atoms. The van der Waals surface area contributed by atoms with Gasteiger partial charge in [-0.2, -0.15) is 0 Å². The van der Waals surface area contributed by atoms with Crippen molar-refractivity contribution in [2.45, 2.75) is 85.9 Å². The third-order valence-electron chi connectivity index (χ3n) is 22.6. The molecule has 6 bridgehead atoms. The van der Waals surface area contributed by atoms with E-state index in [0.29, 0.717) is 17.8 Å². The van der Waals surface area contributed by atoms with E-state index in [2.05, 4.69) is 288 Å². The van der Waals surface area contributed by atoms with Gasteiger partial charge < -0.3 is 9.13 Å². The Labute approximate surface area is 515 Å². The SMILES string of the molecule is c1ccc(-c2ccc3c(c2)c2cc(-c4ccc5c(c4)c4ccccc4n5-c4cccc5c4-c4ccccc4C4CC67CCC(CCC8CCC5(C4)C6c4ccccc4-c4ccccc48)c4ccccc4-c4ccccc47)ccc2n3-c2ccccc2)cc1. The third kappa shape index (κ3) is 7.24. The van der Waals surface area contributed by atoms with Gasteiger partial charge in [0.15, 0.2) is 0 Å². The van der Waals surface area contributed by atoms with Crippen LogP contribution >= 0.6 is 0 Å². The Balaban J connectivity index is 0.859. The van der Waals surface area contributed by atoms with Crippen molar-refractivity contribution in [3.05, 3.63) is 312 Å². The van der Waals surface area contributed by atoms with Crippen molar-refractivity contribution in [3.63, 3.8) is 0 Å². The van der Waals surface area contributed by atoms with Crippen LogP contribution in [0.4, 0.5) is 0 Å². The van der Waals surface area contributed by atoms with Crippen LogP contribution in [0.3, 0.4) is 0 Å². The Morgan fingerprint density at radius 3 is 1.38 bits per heavy atom. The molecule has 2 aromatic heterocycles. The van der Waals surface area contributed by atoms with E-state index in [1.165, 1.54) is 135 Å². The lowest BCUT2D eigenvalue weighted by molar-refractivity contribution is 0.101. The first-order valence-corrected chi connectivity index (χ1v) is 32.4. The predicted molar refractivity (Wildman–Crippen MR) is 366 cm³/mol. The minimum absolute atomic E-state index is 0.182. The number of fused-ring (bicyclic) bond motifs is 23. The van der Waals surface area contributed by atoms with Crippen molar-refractivity contribution in [2.24, 2.45) is 0 Å². The largest absolute Gasteiger partial charge is 0.309 e. The average molecular weight is 1130 g/mol. The van der Waals surface area contributed by atoms with E-state index < -0.39 is 0 Å². The molecule has 19 rings (SSSR count). The molecule has 2 heteroatoms. The Hall–Kier alpha value is -9.76. The molecule has 2 heterocycles. The molecule has 2 fully saturated rings. The summed E-state index contributed by atoms with van der Waals surface area (Å²) in [7, 11) is 0. The topological polar surface area (TPSA) is 9.86 Å². The van der Waals surface area contributed by atoms with Gasteiger partial charge in [-0.1, -0.05) is 218 Å². The van der Waals surface area contributed by atoms with Gasteiger partial charge in [-0.05, 0) is 213 Å². The summed E-state index contributed by atoms with van der Waals surface area (Å²) in [6.45, 7) is 0. The maximum absolute atomic E-state index is 2.67. The lowest BCUT2D eigenvalue weighted by Crippen LogP contribution is -2.52. The van der Waals surface area contributed by atoms with E-state index in [4.69, 9.17) is 0 Å². The zero-order valence-corrected chi connectivity index (χ0v) is 49.4. The van der Waals surface area contributed by atoms with E-state index >= 15 is 0 Å². The van der Waals surface area contributed by atoms with Crippen LogP contribution in [0.25, 0.3) is 111 Å². The highest BCUT2D eigenvalue weighted by atomic mass is 15.0. The van der Waals surface area contributed by atoms with E-state index in [0.717, 1.165) is 32.1 Å². The number of nitrogens with zero attached hydrogens (tertiary/aromatic N) is 2. The van der Waals surface area contributed by atoms with Gasteiger partial charge in [0.1, 0.15) is 0 Å². The molecule has 0 saturated heterocycles. The van der Waals surface area contributed by atoms with E-state index in [9.17, 15) is 0 Å². The molecule has 6 atom stereocenters. The predicted octanol–water partition coefficient (Wildman–Crippen LogP) is 22.6. The quantitative estimate of drug-likeness (QED) is 0.166.